The quantitative estimate of drug-likeness (QED) is 0.456. The summed E-state index contributed by atoms with van der Waals surface area (Å²) in [6.07, 6.45) is 7.96. The molecule has 0 aliphatic heterocycles. The predicted octanol–water partition coefficient (Wildman–Crippen LogP) is 3.60. The van der Waals surface area contributed by atoms with E-state index in [-0.39, 0.29) is 0 Å². The SMILES string of the molecule is CCCC(C)N(C)CCCCCCS. The Morgan fingerprint density at radius 1 is 1.14 bits per heavy atom. The lowest BCUT2D eigenvalue weighted by atomic mass is 10.1. The van der Waals surface area contributed by atoms with Crippen LogP contribution in [0.3, 0.4) is 0 Å². The van der Waals surface area contributed by atoms with Crippen LogP contribution in [0.5, 0.6) is 0 Å². The molecule has 0 saturated heterocycles. The van der Waals surface area contributed by atoms with Crippen molar-refractivity contribution in [1.82, 2.24) is 4.90 Å². The highest BCUT2D eigenvalue weighted by Gasteiger charge is 2.06. The molecular formula is C12H27NS. The van der Waals surface area contributed by atoms with Gasteiger partial charge in [0.05, 0.1) is 0 Å². The van der Waals surface area contributed by atoms with E-state index in [0.29, 0.717) is 0 Å². The molecule has 0 amide bonds. The van der Waals surface area contributed by atoms with E-state index in [9.17, 15) is 0 Å². The highest BCUT2D eigenvalue weighted by atomic mass is 32.1. The molecule has 0 aliphatic rings. The average Bonchev–Trinajstić information content (AvgIpc) is 2.17. The summed E-state index contributed by atoms with van der Waals surface area (Å²) in [5.41, 5.74) is 0. The molecule has 0 saturated carbocycles. The Morgan fingerprint density at radius 2 is 1.79 bits per heavy atom. The van der Waals surface area contributed by atoms with Crippen molar-refractivity contribution < 1.29 is 0 Å². The van der Waals surface area contributed by atoms with Crippen LogP contribution in [0.1, 0.15) is 52.4 Å². The van der Waals surface area contributed by atoms with Crippen LogP contribution in [-0.2, 0) is 0 Å². The van der Waals surface area contributed by atoms with Gasteiger partial charge in [-0.3, -0.25) is 0 Å². The number of hydrogen-bond acceptors (Lipinski definition) is 2. The second-order valence-electron chi connectivity index (χ2n) is 4.26. The minimum Gasteiger partial charge on any atom is -0.304 e. The van der Waals surface area contributed by atoms with Gasteiger partial charge < -0.3 is 4.90 Å². The van der Waals surface area contributed by atoms with E-state index in [1.807, 2.05) is 0 Å². The standard InChI is InChI=1S/C12H27NS/c1-4-9-12(2)13(3)10-7-5-6-8-11-14/h12,14H,4-11H2,1-3H3. The van der Waals surface area contributed by atoms with E-state index < -0.39 is 0 Å². The van der Waals surface area contributed by atoms with E-state index in [1.54, 1.807) is 0 Å². The maximum Gasteiger partial charge on any atom is 0.00637 e. The molecule has 0 radical (unpaired) electrons. The van der Waals surface area contributed by atoms with Crippen LogP contribution < -0.4 is 0 Å². The summed E-state index contributed by atoms with van der Waals surface area (Å²) in [5, 5.41) is 0. The van der Waals surface area contributed by atoms with Gasteiger partial charge >= 0.3 is 0 Å². The average molecular weight is 217 g/mol. The van der Waals surface area contributed by atoms with Crippen molar-refractivity contribution in [3.63, 3.8) is 0 Å². The summed E-state index contributed by atoms with van der Waals surface area (Å²) >= 11 is 4.21. The van der Waals surface area contributed by atoms with Crippen molar-refractivity contribution in [2.45, 2.75) is 58.4 Å². The number of hydrogen-bond donors (Lipinski definition) is 1. The fourth-order valence-corrected chi connectivity index (χ4v) is 1.91. The summed E-state index contributed by atoms with van der Waals surface area (Å²) in [6, 6.07) is 0.755. The number of rotatable bonds is 9. The van der Waals surface area contributed by atoms with Crippen LogP contribution in [0.4, 0.5) is 0 Å². The molecule has 86 valence electrons. The highest BCUT2D eigenvalue weighted by Crippen LogP contribution is 2.07. The van der Waals surface area contributed by atoms with Crippen LogP contribution in [0.2, 0.25) is 0 Å². The largest absolute Gasteiger partial charge is 0.304 e. The molecule has 0 aromatic carbocycles. The van der Waals surface area contributed by atoms with Crippen LogP contribution >= 0.6 is 12.6 Å². The molecule has 0 aliphatic carbocycles. The summed E-state index contributed by atoms with van der Waals surface area (Å²) in [5.74, 6) is 1.04. The molecule has 0 bridgehead atoms. The summed E-state index contributed by atoms with van der Waals surface area (Å²) in [4.78, 5) is 2.49. The molecule has 0 aromatic heterocycles. The Balaban J connectivity index is 3.29. The maximum atomic E-state index is 4.21. The zero-order chi connectivity index (χ0) is 10.8. The van der Waals surface area contributed by atoms with Crippen molar-refractivity contribution in [3.8, 4) is 0 Å². The zero-order valence-corrected chi connectivity index (χ0v) is 11.0. The van der Waals surface area contributed by atoms with E-state index >= 15 is 0 Å². The molecule has 0 heterocycles. The summed E-state index contributed by atoms with van der Waals surface area (Å²) in [7, 11) is 2.25. The van der Waals surface area contributed by atoms with Crippen LogP contribution in [0.15, 0.2) is 0 Å². The fraction of sp³-hybridized carbons (Fsp3) is 1.00. The highest BCUT2D eigenvalue weighted by molar-refractivity contribution is 7.80. The lowest BCUT2D eigenvalue weighted by Crippen LogP contribution is -2.29. The third-order valence-electron chi connectivity index (χ3n) is 2.88. The molecule has 0 aromatic rings. The van der Waals surface area contributed by atoms with Gasteiger partial charge in [-0.05, 0) is 45.5 Å². The van der Waals surface area contributed by atoms with Gasteiger partial charge in [0.2, 0.25) is 0 Å². The first kappa shape index (κ1) is 14.3. The predicted molar refractivity (Wildman–Crippen MR) is 69.3 cm³/mol. The first-order valence-electron chi connectivity index (χ1n) is 6.03. The molecule has 1 nitrogen and oxygen atoms in total. The smallest absolute Gasteiger partial charge is 0.00637 e. The van der Waals surface area contributed by atoms with Gasteiger partial charge in [-0.1, -0.05) is 26.2 Å². The molecule has 0 spiro atoms. The Hall–Kier alpha value is 0.310. The van der Waals surface area contributed by atoms with Crippen molar-refractivity contribution >= 4 is 12.6 Å². The van der Waals surface area contributed by atoms with Gasteiger partial charge in [0.25, 0.3) is 0 Å². The van der Waals surface area contributed by atoms with E-state index in [1.165, 1.54) is 45.1 Å². The van der Waals surface area contributed by atoms with E-state index in [4.69, 9.17) is 0 Å². The summed E-state index contributed by atoms with van der Waals surface area (Å²) < 4.78 is 0. The van der Waals surface area contributed by atoms with Crippen molar-refractivity contribution in [1.29, 1.82) is 0 Å². The molecule has 0 rings (SSSR count). The Morgan fingerprint density at radius 3 is 2.36 bits per heavy atom. The number of nitrogens with zero attached hydrogens (tertiary/aromatic N) is 1. The molecule has 14 heavy (non-hydrogen) atoms. The molecule has 1 atom stereocenters. The third kappa shape index (κ3) is 7.69. The van der Waals surface area contributed by atoms with Gasteiger partial charge in [-0.2, -0.15) is 12.6 Å². The first-order valence-corrected chi connectivity index (χ1v) is 6.66. The van der Waals surface area contributed by atoms with Crippen molar-refractivity contribution in [2.75, 3.05) is 19.3 Å². The Bertz CT molecular complexity index is 117. The minimum absolute atomic E-state index is 0.755. The Kier molecular flexibility index (Phi) is 10.1. The lowest BCUT2D eigenvalue weighted by Gasteiger charge is -2.24. The lowest BCUT2D eigenvalue weighted by molar-refractivity contribution is 0.239. The second-order valence-corrected chi connectivity index (χ2v) is 4.70. The van der Waals surface area contributed by atoms with Crippen molar-refractivity contribution in [3.05, 3.63) is 0 Å². The molecular weight excluding hydrogens is 190 g/mol. The van der Waals surface area contributed by atoms with Gasteiger partial charge in [-0.15, -0.1) is 0 Å². The van der Waals surface area contributed by atoms with Crippen LogP contribution in [0.25, 0.3) is 0 Å². The normalized spacial score (nSPS) is 13.5. The fourth-order valence-electron chi connectivity index (χ4n) is 1.69. The van der Waals surface area contributed by atoms with Gasteiger partial charge in [-0.25, -0.2) is 0 Å². The first-order chi connectivity index (χ1) is 6.72. The minimum atomic E-state index is 0.755. The number of thiol groups is 1. The zero-order valence-electron chi connectivity index (χ0n) is 10.1. The third-order valence-corrected chi connectivity index (χ3v) is 3.19. The molecule has 2 heteroatoms. The summed E-state index contributed by atoms with van der Waals surface area (Å²) in [6.45, 7) is 5.85. The number of unbranched alkanes of at least 4 members (excludes halogenated alkanes) is 3. The van der Waals surface area contributed by atoms with Crippen molar-refractivity contribution in [2.24, 2.45) is 0 Å². The van der Waals surface area contributed by atoms with Gasteiger partial charge in [0, 0.05) is 6.04 Å². The Labute approximate surface area is 95.7 Å². The van der Waals surface area contributed by atoms with E-state index in [2.05, 4.69) is 38.4 Å². The van der Waals surface area contributed by atoms with Crippen LogP contribution in [0, 0.1) is 0 Å². The molecule has 1 unspecified atom stereocenters. The topological polar surface area (TPSA) is 3.24 Å². The second kappa shape index (κ2) is 9.85. The monoisotopic (exact) mass is 217 g/mol. The maximum absolute atomic E-state index is 4.21. The van der Waals surface area contributed by atoms with Gasteiger partial charge in [0.15, 0.2) is 0 Å². The van der Waals surface area contributed by atoms with Crippen LogP contribution in [-0.4, -0.2) is 30.3 Å². The molecule has 0 fully saturated rings. The molecule has 0 N–H and O–H groups in total. The van der Waals surface area contributed by atoms with Gasteiger partial charge in [0.1, 0.15) is 0 Å². The van der Waals surface area contributed by atoms with E-state index in [0.717, 1.165) is 11.8 Å².